The number of carboxylic acid groups (broad SMARTS) is 1. The Balaban J connectivity index is 2.46. The number of carbonyl (C=O) groups is 1. The minimum absolute atomic E-state index is 0.529. The Morgan fingerprint density at radius 1 is 1.64 bits per heavy atom. The molecule has 1 heterocycles. The third-order valence-corrected chi connectivity index (χ3v) is 1.96. The van der Waals surface area contributed by atoms with Gasteiger partial charge >= 0.3 is 5.97 Å². The van der Waals surface area contributed by atoms with Gasteiger partial charge in [0.15, 0.2) is 0 Å². The van der Waals surface area contributed by atoms with E-state index in [9.17, 15) is 4.79 Å². The van der Waals surface area contributed by atoms with Crippen molar-refractivity contribution in [2.75, 3.05) is 0 Å². The highest BCUT2D eigenvalue weighted by Crippen LogP contribution is 1.99. The SMILES string of the molecule is Cc1ccc(CNC(C)C(=O)O)cn1. The zero-order valence-electron chi connectivity index (χ0n) is 8.32. The summed E-state index contributed by atoms with van der Waals surface area (Å²) in [6.45, 7) is 4.06. The number of pyridine rings is 1. The van der Waals surface area contributed by atoms with Crippen LogP contribution in [0.1, 0.15) is 18.2 Å². The van der Waals surface area contributed by atoms with Crippen molar-refractivity contribution in [3.8, 4) is 0 Å². The fraction of sp³-hybridized carbons (Fsp3) is 0.400. The van der Waals surface area contributed by atoms with Crippen molar-refractivity contribution in [1.29, 1.82) is 0 Å². The van der Waals surface area contributed by atoms with Crippen LogP contribution in [0.3, 0.4) is 0 Å². The first-order chi connectivity index (χ1) is 6.59. The predicted molar refractivity (Wildman–Crippen MR) is 52.9 cm³/mol. The van der Waals surface area contributed by atoms with Gasteiger partial charge in [0.25, 0.3) is 0 Å². The largest absolute Gasteiger partial charge is 0.480 e. The maximum atomic E-state index is 10.5. The van der Waals surface area contributed by atoms with Crippen molar-refractivity contribution in [1.82, 2.24) is 10.3 Å². The highest BCUT2D eigenvalue weighted by molar-refractivity contribution is 5.72. The van der Waals surface area contributed by atoms with E-state index in [4.69, 9.17) is 5.11 Å². The Hall–Kier alpha value is -1.42. The molecule has 0 aliphatic carbocycles. The topological polar surface area (TPSA) is 62.2 Å². The molecule has 1 rings (SSSR count). The molecule has 2 N–H and O–H groups in total. The van der Waals surface area contributed by atoms with Crippen LogP contribution < -0.4 is 5.32 Å². The van der Waals surface area contributed by atoms with E-state index in [2.05, 4.69) is 10.3 Å². The van der Waals surface area contributed by atoms with Gasteiger partial charge in [0.1, 0.15) is 6.04 Å². The van der Waals surface area contributed by atoms with Gasteiger partial charge in [-0.1, -0.05) is 6.07 Å². The zero-order chi connectivity index (χ0) is 10.6. The van der Waals surface area contributed by atoms with Crippen LogP contribution in [0, 0.1) is 6.92 Å². The van der Waals surface area contributed by atoms with Crippen molar-refractivity contribution in [3.63, 3.8) is 0 Å². The number of carboxylic acids is 1. The van der Waals surface area contributed by atoms with E-state index in [1.165, 1.54) is 0 Å². The fourth-order valence-corrected chi connectivity index (χ4v) is 0.961. The third kappa shape index (κ3) is 3.14. The molecule has 0 radical (unpaired) electrons. The highest BCUT2D eigenvalue weighted by atomic mass is 16.4. The van der Waals surface area contributed by atoms with Gasteiger partial charge in [0, 0.05) is 18.4 Å². The maximum Gasteiger partial charge on any atom is 0.320 e. The van der Waals surface area contributed by atoms with Crippen LogP contribution in [0.25, 0.3) is 0 Å². The number of nitrogens with one attached hydrogen (secondary N) is 1. The van der Waals surface area contributed by atoms with E-state index in [-0.39, 0.29) is 0 Å². The standard InChI is InChI=1S/C10H14N2O2/c1-7-3-4-9(5-11-7)6-12-8(2)10(13)14/h3-5,8,12H,6H2,1-2H3,(H,13,14). The number of rotatable bonds is 4. The number of hydrogen-bond donors (Lipinski definition) is 2. The molecule has 0 aliphatic heterocycles. The molecule has 0 saturated carbocycles. The van der Waals surface area contributed by atoms with E-state index in [1.54, 1.807) is 13.1 Å². The van der Waals surface area contributed by atoms with Crippen molar-refractivity contribution in [2.24, 2.45) is 0 Å². The Labute approximate surface area is 83.0 Å². The van der Waals surface area contributed by atoms with Crippen LogP contribution in [0.2, 0.25) is 0 Å². The number of aryl methyl sites for hydroxylation is 1. The van der Waals surface area contributed by atoms with Gasteiger partial charge in [-0.15, -0.1) is 0 Å². The van der Waals surface area contributed by atoms with E-state index in [0.29, 0.717) is 6.54 Å². The minimum atomic E-state index is -0.843. The molecular weight excluding hydrogens is 180 g/mol. The van der Waals surface area contributed by atoms with Gasteiger partial charge in [0.2, 0.25) is 0 Å². The summed E-state index contributed by atoms with van der Waals surface area (Å²) >= 11 is 0. The van der Waals surface area contributed by atoms with Crippen molar-refractivity contribution in [3.05, 3.63) is 29.6 Å². The molecule has 0 bridgehead atoms. The van der Waals surface area contributed by atoms with Crippen LogP contribution in [0.5, 0.6) is 0 Å². The average molecular weight is 194 g/mol. The van der Waals surface area contributed by atoms with Crippen molar-refractivity contribution < 1.29 is 9.90 Å². The van der Waals surface area contributed by atoms with Crippen LogP contribution in [-0.2, 0) is 11.3 Å². The third-order valence-electron chi connectivity index (χ3n) is 1.96. The van der Waals surface area contributed by atoms with Gasteiger partial charge in [-0.25, -0.2) is 0 Å². The fourth-order valence-electron chi connectivity index (χ4n) is 0.961. The zero-order valence-corrected chi connectivity index (χ0v) is 8.32. The minimum Gasteiger partial charge on any atom is -0.480 e. The monoisotopic (exact) mass is 194 g/mol. The Morgan fingerprint density at radius 3 is 2.86 bits per heavy atom. The van der Waals surface area contributed by atoms with Crippen molar-refractivity contribution in [2.45, 2.75) is 26.4 Å². The number of nitrogens with zero attached hydrogens (tertiary/aromatic N) is 1. The number of aromatic nitrogens is 1. The summed E-state index contributed by atoms with van der Waals surface area (Å²) in [6, 6.07) is 3.31. The van der Waals surface area contributed by atoms with Crippen molar-refractivity contribution >= 4 is 5.97 Å². The summed E-state index contributed by atoms with van der Waals surface area (Å²) in [5, 5.41) is 11.5. The number of hydrogen-bond acceptors (Lipinski definition) is 3. The second kappa shape index (κ2) is 4.72. The quantitative estimate of drug-likeness (QED) is 0.749. The molecule has 14 heavy (non-hydrogen) atoms. The van der Waals surface area contributed by atoms with E-state index < -0.39 is 12.0 Å². The van der Waals surface area contributed by atoms with Gasteiger partial charge in [-0.2, -0.15) is 0 Å². The summed E-state index contributed by atoms with van der Waals surface area (Å²) in [7, 11) is 0. The maximum absolute atomic E-state index is 10.5. The van der Waals surface area contributed by atoms with Gasteiger partial charge < -0.3 is 10.4 Å². The normalized spacial score (nSPS) is 12.4. The molecule has 4 heteroatoms. The van der Waals surface area contributed by atoms with Crippen LogP contribution >= 0.6 is 0 Å². The first kappa shape index (κ1) is 10.7. The first-order valence-corrected chi connectivity index (χ1v) is 4.47. The van der Waals surface area contributed by atoms with Gasteiger partial charge in [-0.3, -0.25) is 9.78 Å². The molecule has 0 saturated heterocycles. The lowest BCUT2D eigenvalue weighted by Crippen LogP contribution is -2.33. The first-order valence-electron chi connectivity index (χ1n) is 4.47. The molecule has 0 fully saturated rings. The Bertz CT molecular complexity index is 308. The van der Waals surface area contributed by atoms with Gasteiger partial charge in [0.05, 0.1) is 0 Å². The number of aliphatic carboxylic acids is 1. The predicted octanol–water partition coefficient (Wildman–Crippen LogP) is 0.953. The summed E-state index contributed by atoms with van der Waals surface area (Å²) < 4.78 is 0. The summed E-state index contributed by atoms with van der Waals surface area (Å²) in [5.41, 5.74) is 1.95. The molecule has 0 aromatic carbocycles. The molecule has 0 aliphatic rings. The smallest absolute Gasteiger partial charge is 0.320 e. The second-order valence-electron chi connectivity index (χ2n) is 3.25. The lowest BCUT2D eigenvalue weighted by atomic mass is 10.2. The molecular formula is C10H14N2O2. The van der Waals surface area contributed by atoms with Gasteiger partial charge in [-0.05, 0) is 25.5 Å². The van der Waals surface area contributed by atoms with Crippen LogP contribution in [0.15, 0.2) is 18.3 Å². The summed E-state index contributed by atoms with van der Waals surface area (Å²) in [5.74, 6) is -0.843. The molecule has 76 valence electrons. The van der Waals surface area contributed by atoms with E-state index in [1.807, 2.05) is 19.1 Å². The summed E-state index contributed by atoms with van der Waals surface area (Å²) in [6.07, 6.45) is 1.75. The highest BCUT2D eigenvalue weighted by Gasteiger charge is 2.08. The molecule has 1 unspecified atom stereocenters. The van der Waals surface area contributed by atoms with Crippen LogP contribution in [-0.4, -0.2) is 22.1 Å². The van der Waals surface area contributed by atoms with E-state index in [0.717, 1.165) is 11.3 Å². The second-order valence-corrected chi connectivity index (χ2v) is 3.25. The van der Waals surface area contributed by atoms with Crippen LogP contribution in [0.4, 0.5) is 0 Å². The lowest BCUT2D eigenvalue weighted by Gasteiger charge is -2.08. The molecule has 4 nitrogen and oxygen atoms in total. The average Bonchev–Trinajstić information content (AvgIpc) is 2.16. The Kier molecular flexibility index (Phi) is 3.59. The molecule has 1 aromatic heterocycles. The Morgan fingerprint density at radius 2 is 2.36 bits per heavy atom. The summed E-state index contributed by atoms with van der Waals surface area (Å²) in [4.78, 5) is 14.6. The molecule has 0 amide bonds. The molecule has 0 spiro atoms. The lowest BCUT2D eigenvalue weighted by molar-refractivity contribution is -0.139. The molecule has 1 aromatic rings. The van der Waals surface area contributed by atoms with E-state index >= 15 is 0 Å². The molecule has 1 atom stereocenters.